The minimum atomic E-state index is -4.05. The Hall–Kier alpha value is -2.72. The van der Waals surface area contributed by atoms with Gasteiger partial charge in [0.25, 0.3) is 0 Å². The van der Waals surface area contributed by atoms with Gasteiger partial charge in [-0.25, -0.2) is 17.2 Å². The highest BCUT2D eigenvalue weighted by molar-refractivity contribution is 7.92. The van der Waals surface area contributed by atoms with Crippen LogP contribution in [0.25, 0.3) is 0 Å². The molecule has 2 aromatic carbocycles. The largest absolute Gasteiger partial charge is 0.354 e. The molecule has 0 saturated carbocycles. The molecule has 7 nitrogen and oxygen atoms in total. The molecule has 11 heteroatoms. The van der Waals surface area contributed by atoms with Crippen LogP contribution < -0.4 is 9.62 Å². The van der Waals surface area contributed by atoms with Crippen LogP contribution in [0, 0.1) is 17.6 Å². The van der Waals surface area contributed by atoms with Crippen LogP contribution >= 0.6 is 11.6 Å². The van der Waals surface area contributed by atoms with Gasteiger partial charge in [-0.2, -0.15) is 0 Å². The minimum Gasteiger partial charge on any atom is -0.354 e. The number of hydrogen-bond donors (Lipinski definition) is 1. The summed E-state index contributed by atoms with van der Waals surface area (Å²) in [4.78, 5) is 27.7. The van der Waals surface area contributed by atoms with Gasteiger partial charge in [-0.05, 0) is 42.2 Å². The van der Waals surface area contributed by atoms with Gasteiger partial charge >= 0.3 is 0 Å². The van der Waals surface area contributed by atoms with Crippen LogP contribution in [0.2, 0.25) is 5.02 Å². The molecule has 0 heterocycles. The summed E-state index contributed by atoms with van der Waals surface area (Å²) in [6.45, 7) is 5.33. The van der Waals surface area contributed by atoms with E-state index in [0.717, 1.165) is 18.4 Å². The molecule has 0 saturated heterocycles. The van der Waals surface area contributed by atoms with Gasteiger partial charge in [0.2, 0.25) is 21.8 Å². The average Bonchev–Trinajstić information content (AvgIpc) is 2.78. The Balaban J connectivity index is 2.43. The second-order valence-electron chi connectivity index (χ2n) is 8.58. The number of carbonyl (C=O) groups excluding carboxylic acids is 2. The number of anilines is 1. The normalized spacial score (nSPS) is 12.3. The third kappa shape index (κ3) is 8.17. The topological polar surface area (TPSA) is 86.8 Å². The number of halogens is 3. The first-order valence-corrected chi connectivity index (χ1v) is 13.3. The molecular formula is C24H30ClF2N3O4S. The summed E-state index contributed by atoms with van der Waals surface area (Å²) in [6.07, 6.45) is 1.13. The van der Waals surface area contributed by atoms with Crippen LogP contribution in [0.4, 0.5) is 14.5 Å². The van der Waals surface area contributed by atoms with E-state index in [9.17, 15) is 26.8 Å². The first kappa shape index (κ1) is 28.5. The summed E-state index contributed by atoms with van der Waals surface area (Å²) in [5.74, 6) is -3.26. The van der Waals surface area contributed by atoms with Gasteiger partial charge in [-0.15, -0.1) is 0 Å². The molecule has 2 amide bonds. The van der Waals surface area contributed by atoms with Gasteiger partial charge in [-0.1, -0.05) is 44.5 Å². The van der Waals surface area contributed by atoms with Crippen molar-refractivity contribution in [2.75, 3.05) is 23.7 Å². The Morgan fingerprint density at radius 3 is 2.20 bits per heavy atom. The maximum atomic E-state index is 13.8. The lowest BCUT2D eigenvalue weighted by molar-refractivity contribution is -0.140. The lowest BCUT2D eigenvalue weighted by Gasteiger charge is -2.33. The Morgan fingerprint density at radius 2 is 1.69 bits per heavy atom. The smallest absolute Gasteiger partial charge is 0.244 e. The van der Waals surface area contributed by atoms with E-state index in [4.69, 9.17) is 11.6 Å². The van der Waals surface area contributed by atoms with Crippen molar-refractivity contribution < 1.29 is 26.8 Å². The average molecular weight is 530 g/mol. The Kier molecular flexibility index (Phi) is 10.0. The maximum absolute atomic E-state index is 13.8. The minimum absolute atomic E-state index is 0.0129. The number of rotatable bonds is 11. The fourth-order valence-electron chi connectivity index (χ4n) is 3.38. The SMILES string of the molecule is CCC(C(=O)NCC(C)C)N(Cc1ccc(Cl)cc1)C(=O)CN(c1ccc(F)c(F)c1)S(C)(=O)=O. The second-order valence-corrected chi connectivity index (χ2v) is 10.9. The molecule has 0 spiro atoms. The highest BCUT2D eigenvalue weighted by atomic mass is 35.5. The third-order valence-electron chi connectivity index (χ3n) is 5.21. The highest BCUT2D eigenvalue weighted by Gasteiger charge is 2.32. The molecule has 35 heavy (non-hydrogen) atoms. The zero-order valence-electron chi connectivity index (χ0n) is 20.1. The molecule has 0 aliphatic heterocycles. The number of benzene rings is 2. The summed E-state index contributed by atoms with van der Waals surface area (Å²) in [5, 5.41) is 3.31. The van der Waals surface area contributed by atoms with Crippen LogP contribution in [0.1, 0.15) is 32.8 Å². The fourth-order valence-corrected chi connectivity index (χ4v) is 4.35. The number of carbonyl (C=O) groups is 2. The molecule has 0 aliphatic rings. The Morgan fingerprint density at radius 1 is 1.06 bits per heavy atom. The summed E-state index contributed by atoms with van der Waals surface area (Å²) >= 11 is 5.96. The van der Waals surface area contributed by atoms with Crippen molar-refractivity contribution in [3.8, 4) is 0 Å². The van der Waals surface area contributed by atoms with Crippen molar-refractivity contribution in [3.63, 3.8) is 0 Å². The van der Waals surface area contributed by atoms with Crippen LogP contribution in [-0.4, -0.2) is 50.5 Å². The van der Waals surface area contributed by atoms with E-state index in [1.807, 2.05) is 13.8 Å². The number of nitrogens with one attached hydrogen (secondary N) is 1. The first-order chi connectivity index (χ1) is 16.3. The monoisotopic (exact) mass is 529 g/mol. The molecular weight excluding hydrogens is 500 g/mol. The van der Waals surface area contributed by atoms with Crippen LogP contribution in [0.5, 0.6) is 0 Å². The fraction of sp³-hybridized carbons (Fsp3) is 0.417. The molecule has 192 valence electrons. The van der Waals surface area contributed by atoms with Crippen molar-refractivity contribution in [2.24, 2.45) is 5.92 Å². The van der Waals surface area contributed by atoms with Crippen molar-refractivity contribution in [1.82, 2.24) is 10.2 Å². The summed E-state index contributed by atoms with van der Waals surface area (Å²) < 4.78 is 52.9. The number of sulfonamides is 1. The van der Waals surface area contributed by atoms with E-state index in [-0.39, 0.29) is 30.5 Å². The van der Waals surface area contributed by atoms with Crippen LogP contribution in [-0.2, 0) is 26.2 Å². The van der Waals surface area contributed by atoms with Crippen LogP contribution in [0.15, 0.2) is 42.5 Å². The molecule has 1 atom stereocenters. The highest BCUT2D eigenvalue weighted by Crippen LogP contribution is 2.22. The van der Waals surface area contributed by atoms with E-state index in [1.54, 1.807) is 31.2 Å². The molecule has 0 bridgehead atoms. The van der Waals surface area contributed by atoms with Gasteiger partial charge in [0.15, 0.2) is 11.6 Å². The molecule has 0 aromatic heterocycles. The lowest BCUT2D eigenvalue weighted by atomic mass is 10.1. The van der Waals surface area contributed by atoms with Gasteiger partial charge < -0.3 is 10.2 Å². The standard InChI is InChI=1S/C24H30ClF2N3O4S/c1-5-22(24(32)28-13-16(2)3)29(14-17-6-8-18(25)9-7-17)23(31)15-30(35(4,33)34)19-10-11-20(26)21(27)12-19/h6-12,16,22H,5,13-15H2,1-4H3,(H,28,32). The summed E-state index contributed by atoms with van der Waals surface area (Å²) in [6, 6.07) is 8.36. The van der Waals surface area contributed by atoms with Gasteiger partial charge in [-0.3, -0.25) is 13.9 Å². The van der Waals surface area contributed by atoms with E-state index < -0.39 is 40.2 Å². The molecule has 2 aromatic rings. The van der Waals surface area contributed by atoms with E-state index in [1.165, 1.54) is 4.90 Å². The molecule has 2 rings (SSSR count). The predicted molar refractivity (Wildman–Crippen MR) is 132 cm³/mol. The Bertz CT molecular complexity index is 1140. The molecule has 0 fully saturated rings. The zero-order chi connectivity index (χ0) is 26.3. The van der Waals surface area contributed by atoms with E-state index in [2.05, 4.69) is 5.32 Å². The summed E-state index contributed by atoms with van der Waals surface area (Å²) in [7, 11) is -4.05. The van der Waals surface area contributed by atoms with Gasteiger partial charge in [0.1, 0.15) is 12.6 Å². The molecule has 0 aliphatic carbocycles. The second kappa shape index (κ2) is 12.3. The van der Waals surface area contributed by atoms with Crippen molar-refractivity contribution in [3.05, 3.63) is 64.7 Å². The van der Waals surface area contributed by atoms with E-state index >= 15 is 0 Å². The number of nitrogens with zero attached hydrogens (tertiary/aromatic N) is 2. The predicted octanol–water partition coefficient (Wildman–Crippen LogP) is 3.96. The summed E-state index contributed by atoms with van der Waals surface area (Å²) in [5.41, 5.74) is 0.472. The van der Waals surface area contributed by atoms with Gasteiger partial charge in [0, 0.05) is 24.2 Å². The molecule has 1 unspecified atom stereocenters. The zero-order valence-corrected chi connectivity index (χ0v) is 21.7. The number of hydrogen-bond acceptors (Lipinski definition) is 4. The number of amides is 2. The quantitative estimate of drug-likeness (QED) is 0.477. The third-order valence-corrected chi connectivity index (χ3v) is 6.60. The van der Waals surface area contributed by atoms with Crippen molar-refractivity contribution in [2.45, 2.75) is 39.8 Å². The molecule has 0 radical (unpaired) electrons. The van der Waals surface area contributed by atoms with E-state index in [0.29, 0.717) is 27.5 Å². The molecule has 1 N–H and O–H groups in total. The van der Waals surface area contributed by atoms with Crippen molar-refractivity contribution >= 4 is 39.1 Å². The van der Waals surface area contributed by atoms with Gasteiger partial charge in [0.05, 0.1) is 11.9 Å². The van der Waals surface area contributed by atoms with Crippen LogP contribution in [0.3, 0.4) is 0 Å². The van der Waals surface area contributed by atoms with Crippen molar-refractivity contribution in [1.29, 1.82) is 0 Å². The first-order valence-electron chi connectivity index (χ1n) is 11.1. The lowest BCUT2D eigenvalue weighted by Crippen LogP contribution is -2.52. The Labute approximate surface area is 210 Å². The maximum Gasteiger partial charge on any atom is 0.244 e.